The average molecular weight is 154 g/mol. The monoisotopic (exact) mass is 154 g/mol. The minimum absolute atomic E-state index is 0.345. The zero-order valence-electron chi connectivity index (χ0n) is 5.81. The lowest BCUT2D eigenvalue weighted by atomic mass is 10.3. The van der Waals surface area contributed by atoms with Gasteiger partial charge in [-0.2, -0.15) is 0 Å². The van der Waals surface area contributed by atoms with Crippen molar-refractivity contribution in [2.24, 2.45) is 0 Å². The SMILES string of the molecule is Cc1cc(O)c([N+](=O)[O-])cn1. The van der Waals surface area contributed by atoms with Gasteiger partial charge in [0.1, 0.15) is 6.20 Å². The number of pyridine rings is 1. The highest BCUT2D eigenvalue weighted by molar-refractivity contribution is 5.43. The summed E-state index contributed by atoms with van der Waals surface area (Å²) < 4.78 is 0. The van der Waals surface area contributed by atoms with Crippen molar-refractivity contribution in [1.29, 1.82) is 0 Å². The lowest BCUT2D eigenvalue weighted by molar-refractivity contribution is -0.386. The summed E-state index contributed by atoms with van der Waals surface area (Å²) in [7, 11) is 0. The van der Waals surface area contributed by atoms with Gasteiger partial charge in [-0.15, -0.1) is 0 Å². The fourth-order valence-corrected chi connectivity index (χ4v) is 0.679. The van der Waals surface area contributed by atoms with Crippen LogP contribution in [-0.2, 0) is 0 Å². The van der Waals surface area contributed by atoms with Gasteiger partial charge in [0, 0.05) is 11.8 Å². The summed E-state index contributed by atoms with van der Waals surface area (Å²) in [6.45, 7) is 1.64. The third-order valence-electron chi connectivity index (χ3n) is 1.20. The maximum atomic E-state index is 10.1. The summed E-state index contributed by atoms with van der Waals surface area (Å²) >= 11 is 0. The standard InChI is InChI=1S/C6H6N2O3/c1-4-2-6(9)5(3-7-4)8(10)11/h2-3H,1H3,(H,7,9). The minimum Gasteiger partial charge on any atom is -0.502 e. The van der Waals surface area contributed by atoms with E-state index < -0.39 is 4.92 Å². The highest BCUT2D eigenvalue weighted by Crippen LogP contribution is 2.23. The average Bonchev–Trinajstić information content (AvgIpc) is 1.85. The molecule has 0 amide bonds. The Morgan fingerprint density at radius 3 is 2.82 bits per heavy atom. The Morgan fingerprint density at radius 2 is 2.36 bits per heavy atom. The maximum Gasteiger partial charge on any atom is 0.328 e. The van der Waals surface area contributed by atoms with Crippen LogP contribution in [0.1, 0.15) is 5.69 Å². The second-order valence-corrected chi connectivity index (χ2v) is 2.07. The molecule has 58 valence electrons. The molecule has 5 nitrogen and oxygen atoms in total. The van der Waals surface area contributed by atoms with Gasteiger partial charge in [0.25, 0.3) is 0 Å². The van der Waals surface area contributed by atoms with Crippen molar-refractivity contribution in [2.45, 2.75) is 6.92 Å². The summed E-state index contributed by atoms with van der Waals surface area (Å²) in [5, 5.41) is 19.1. The molecule has 0 aliphatic rings. The number of aryl methyl sites for hydroxylation is 1. The number of rotatable bonds is 1. The van der Waals surface area contributed by atoms with E-state index in [4.69, 9.17) is 5.11 Å². The minimum atomic E-state index is -0.679. The zero-order valence-corrected chi connectivity index (χ0v) is 5.81. The van der Waals surface area contributed by atoms with Gasteiger partial charge >= 0.3 is 5.69 Å². The molecular formula is C6H6N2O3. The van der Waals surface area contributed by atoms with E-state index in [2.05, 4.69) is 4.98 Å². The second-order valence-electron chi connectivity index (χ2n) is 2.07. The maximum absolute atomic E-state index is 10.1. The predicted octanol–water partition coefficient (Wildman–Crippen LogP) is 1.00. The topological polar surface area (TPSA) is 76.3 Å². The van der Waals surface area contributed by atoms with Gasteiger partial charge in [-0.05, 0) is 6.92 Å². The molecule has 0 saturated carbocycles. The van der Waals surface area contributed by atoms with Crippen LogP contribution in [0.4, 0.5) is 5.69 Å². The first kappa shape index (κ1) is 7.46. The molecule has 0 spiro atoms. The number of nitro groups is 1. The fraction of sp³-hybridized carbons (Fsp3) is 0.167. The van der Waals surface area contributed by atoms with E-state index in [0.29, 0.717) is 5.69 Å². The van der Waals surface area contributed by atoms with Crippen molar-refractivity contribution >= 4 is 5.69 Å². The first-order valence-corrected chi connectivity index (χ1v) is 2.91. The Hall–Kier alpha value is -1.65. The molecule has 0 unspecified atom stereocenters. The Bertz CT molecular complexity index is 298. The molecule has 1 N–H and O–H groups in total. The molecule has 11 heavy (non-hydrogen) atoms. The van der Waals surface area contributed by atoms with E-state index in [1.54, 1.807) is 6.92 Å². The molecule has 0 atom stereocenters. The van der Waals surface area contributed by atoms with Crippen LogP contribution in [0.25, 0.3) is 0 Å². The molecule has 1 aromatic heterocycles. The number of aromatic nitrogens is 1. The van der Waals surface area contributed by atoms with Crippen molar-refractivity contribution < 1.29 is 10.0 Å². The molecular weight excluding hydrogens is 148 g/mol. The molecule has 1 rings (SSSR count). The Kier molecular flexibility index (Phi) is 1.72. The van der Waals surface area contributed by atoms with E-state index in [0.717, 1.165) is 6.20 Å². The number of aromatic hydroxyl groups is 1. The number of hydrogen-bond acceptors (Lipinski definition) is 4. The summed E-state index contributed by atoms with van der Waals surface area (Å²) in [4.78, 5) is 13.1. The second kappa shape index (κ2) is 2.53. The van der Waals surface area contributed by atoms with Gasteiger partial charge in [-0.3, -0.25) is 15.1 Å². The molecule has 0 aliphatic carbocycles. The highest BCUT2D eigenvalue weighted by atomic mass is 16.6. The quantitative estimate of drug-likeness (QED) is 0.483. The first-order valence-electron chi connectivity index (χ1n) is 2.91. The van der Waals surface area contributed by atoms with E-state index >= 15 is 0 Å². The number of hydrogen-bond donors (Lipinski definition) is 1. The van der Waals surface area contributed by atoms with Crippen LogP contribution in [0, 0.1) is 17.0 Å². The molecule has 1 aromatic rings. The van der Waals surface area contributed by atoms with Crippen molar-refractivity contribution in [3.05, 3.63) is 28.1 Å². The lowest BCUT2D eigenvalue weighted by Crippen LogP contribution is -1.90. The summed E-state index contributed by atoms with van der Waals surface area (Å²) in [5.74, 6) is -0.345. The highest BCUT2D eigenvalue weighted by Gasteiger charge is 2.12. The Morgan fingerprint density at radius 1 is 1.73 bits per heavy atom. The lowest BCUT2D eigenvalue weighted by Gasteiger charge is -1.94. The normalized spacial score (nSPS) is 9.55. The molecule has 0 aliphatic heterocycles. The van der Waals surface area contributed by atoms with Crippen molar-refractivity contribution in [2.75, 3.05) is 0 Å². The van der Waals surface area contributed by atoms with Crippen LogP contribution in [-0.4, -0.2) is 15.0 Å². The smallest absolute Gasteiger partial charge is 0.328 e. The van der Waals surface area contributed by atoms with Gasteiger partial charge in [0.2, 0.25) is 0 Å². The van der Waals surface area contributed by atoms with Crippen molar-refractivity contribution in [3.63, 3.8) is 0 Å². The summed E-state index contributed by atoms with van der Waals surface area (Å²) in [5.41, 5.74) is 0.184. The molecule has 5 heteroatoms. The van der Waals surface area contributed by atoms with E-state index in [-0.39, 0.29) is 11.4 Å². The van der Waals surface area contributed by atoms with Gasteiger partial charge in [-0.1, -0.05) is 0 Å². The summed E-state index contributed by atoms with van der Waals surface area (Å²) in [6, 6.07) is 1.25. The summed E-state index contributed by atoms with van der Waals surface area (Å²) in [6.07, 6.45) is 1.03. The molecule has 1 heterocycles. The molecule has 0 saturated heterocycles. The fourth-order valence-electron chi connectivity index (χ4n) is 0.679. The van der Waals surface area contributed by atoms with Crippen LogP contribution in [0.2, 0.25) is 0 Å². The Labute approximate surface area is 62.5 Å². The van der Waals surface area contributed by atoms with E-state index in [1.165, 1.54) is 6.07 Å². The molecule has 0 aromatic carbocycles. The van der Waals surface area contributed by atoms with E-state index in [1.807, 2.05) is 0 Å². The van der Waals surface area contributed by atoms with Gasteiger partial charge in [0.05, 0.1) is 4.92 Å². The Balaban J connectivity index is 3.20. The van der Waals surface area contributed by atoms with Gasteiger partial charge in [-0.25, -0.2) is 0 Å². The van der Waals surface area contributed by atoms with Gasteiger partial charge < -0.3 is 5.11 Å². The third kappa shape index (κ3) is 1.43. The van der Waals surface area contributed by atoms with Crippen molar-refractivity contribution in [3.8, 4) is 5.75 Å². The van der Waals surface area contributed by atoms with Crippen molar-refractivity contribution in [1.82, 2.24) is 4.98 Å². The predicted molar refractivity (Wildman–Crippen MR) is 37.3 cm³/mol. The van der Waals surface area contributed by atoms with Crippen LogP contribution in [0.5, 0.6) is 5.75 Å². The van der Waals surface area contributed by atoms with Gasteiger partial charge in [0.15, 0.2) is 5.75 Å². The van der Waals surface area contributed by atoms with E-state index in [9.17, 15) is 10.1 Å². The van der Waals surface area contributed by atoms with Crippen LogP contribution >= 0.6 is 0 Å². The zero-order chi connectivity index (χ0) is 8.43. The van der Waals surface area contributed by atoms with Crippen LogP contribution in [0.15, 0.2) is 12.3 Å². The number of nitrogens with zero attached hydrogens (tertiary/aromatic N) is 2. The molecule has 0 bridgehead atoms. The van der Waals surface area contributed by atoms with Crippen LogP contribution < -0.4 is 0 Å². The van der Waals surface area contributed by atoms with Crippen LogP contribution in [0.3, 0.4) is 0 Å². The molecule has 0 fully saturated rings. The molecule has 0 radical (unpaired) electrons. The third-order valence-corrected chi connectivity index (χ3v) is 1.20. The first-order chi connectivity index (χ1) is 5.11. The largest absolute Gasteiger partial charge is 0.502 e.